The van der Waals surface area contributed by atoms with Gasteiger partial charge >= 0.3 is 0 Å². The number of rotatable bonds is 4. The third-order valence-electron chi connectivity index (χ3n) is 4.47. The lowest BCUT2D eigenvalue weighted by Gasteiger charge is -2.33. The molecule has 0 aliphatic heterocycles. The standard InChI is InChI=1S/C13H26N2/c1-11-8-12(11)9-15-13(10-14)6-4-2-3-5-7-13/h11-12,15H,2-10,14H2,1H3. The highest BCUT2D eigenvalue weighted by atomic mass is 15.0. The van der Waals surface area contributed by atoms with E-state index in [4.69, 9.17) is 5.73 Å². The molecule has 2 nitrogen and oxygen atoms in total. The first-order valence-electron chi connectivity index (χ1n) is 6.71. The first-order chi connectivity index (χ1) is 7.26. The van der Waals surface area contributed by atoms with Crippen LogP contribution < -0.4 is 11.1 Å². The van der Waals surface area contributed by atoms with Gasteiger partial charge in [0.2, 0.25) is 0 Å². The fourth-order valence-corrected chi connectivity index (χ4v) is 2.89. The quantitative estimate of drug-likeness (QED) is 0.699. The van der Waals surface area contributed by atoms with Crippen LogP contribution >= 0.6 is 0 Å². The van der Waals surface area contributed by atoms with Crippen molar-refractivity contribution in [1.82, 2.24) is 5.32 Å². The van der Waals surface area contributed by atoms with Crippen LogP contribution in [0.5, 0.6) is 0 Å². The molecule has 2 atom stereocenters. The van der Waals surface area contributed by atoms with E-state index in [1.807, 2.05) is 0 Å². The molecule has 2 saturated carbocycles. The SMILES string of the molecule is CC1CC1CNC1(CN)CCCCCC1. The van der Waals surface area contributed by atoms with Crippen LogP contribution in [0.2, 0.25) is 0 Å². The summed E-state index contributed by atoms with van der Waals surface area (Å²) in [6.07, 6.45) is 9.56. The van der Waals surface area contributed by atoms with Crippen LogP contribution in [-0.2, 0) is 0 Å². The van der Waals surface area contributed by atoms with E-state index in [9.17, 15) is 0 Å². The van der Waals surface area contributed by atoms with Gasteiger partial charge in [-0.2, -0.15) is 0 Å². The molecule has 0 bridgehead atoms. The van der Waals surface area contributed by atoms with Gasteiger partial charge in [0.05, 0.1) is 0 Å². The van der Waals surface area contributed by atoms with Crippen molar-refractivity contribution in [2.45, 2.75) is 57.4 Å². The van der Waals surface area contributed by atoms with Gasteiger partial charge in [-0.25, -0.2) is 0 Å². The zero-order chi connectivity index (χ0) is 10.7. The zero-order valence-electron chi connectivity index (χ0n) is 10.1. The van der Waals surface area contributed by atoms with Crippen molar-refractivity contribution in [1.29, 1.82) is 0 Å². The molecule has 2 aliphatic rings. The monoisotopic (exact) mass is 210 g/mol. The van der Waals surface area contributed by atoms with Gasteiger partial charge in [-0.1, -0.05) is 32.6 Å². The average Bonchev–Trinajstić information content (AvgIpc) is 2.99. The first-order valence-corrected chi connectivity index (χ1v) is 6.71. The van der Waals surface area contributed by atoms with Crippen LogP contribution in [-0.4, -0.2) is 18.6 Å². The van der Waals surface area contributed by atoms with Gasteiger partial charge in [0.25, 0.3) is 0 Å². The lowest BCUT2D eigenvalue weighted by molar-refractivity contribution is 0.287. The van der Waals surface area contributed by atoms with Crippen molar-refractivity contribution in [3.05, 3.63) is 0 Å². The minimum Gasteiger partial charge on any atom is -0.329 e. The van der Waals surface area contributed by atoms with Crippen molar-refractivity contribution in [2.75, 3.05) is 13.1 Å². The van der Waals surface area contributed by atoms with E-state index in [1.54, 1.807) is 0 Å². The topological polar surface area (TPSA) is 38.0 Å². The smallest absolute Gasteiger partial charge is 0.0304 e. The molecule has 3 N–H and O–H groups in total. The van der Waals surface area contributed by atoms with Gasteiger partial charge in [0.1, 0.15) is 0 Å². The van der Waals surface area contributed by atoms with Crippen LogP contribution in [0.15, 0.2) is 0 Å². The van der Waals surface area contributed by atoms with Crippen LogP contribution in [0.4, 0.5) is 0 Å². The summed E-state index contributed by atoms with van der Waals surface area (Å²) in [5.74, 6) is 1.90. The predicted molar refractivity (Wildman–Crippen MR) is 64.8 cm³/mol. The highest BCUT2D eigenvalue weighted by Crippen LogP contribution is 2.38. The molecule has 0 saturated heterocycles. The predicted octanol–water partition coefficient (Wildman–Crippen LogP) is 2.28. The molecule has 2 heteroatoms. The molecule has 0 amide bonds. The maximum Gasteiger partial charge on any atom is 0.0304 e. The molecule has 2 fully saturated rings. The number of hydrogen-bond acceptors (Lipinski definition) is 2. The number of hydrogen-bond donors (Lipinski definition) is 2. The van der Waals surface area contributed by atoms with Crippen molar-refractivity contribution in [2.24, 2.45) is 17.6 Å². The van der Waals surface area contributed by atoms with Gasteiger partial charge in [0, 0.05) is 12.1 Å². The Balaban J connectivity index is 1.82. The van der Waals surface area contributed by atoms with Crippen LogP contribution in [0.1, 0.15) is 51.9 Å². The highest BCUT2D eigenvalue weighted by molar-refractivity contribution is 4.94. The Kier molecular flexibility index (Phi) is 3.68. The molecule has 0 aromatic heterocycles. The molecule has 0 aromatic rings. The average molecular weight is 210 g/mol. The summed E-state index contributed by atoms with van der Waals surface area (Å²) in [6, 6.07) is 0. The maximum absolute atomic E-state index is 5.99. The Morgan fingerprint density at radius 2 is 1.80 bits per heavy atom. The third-order valence-corrected chi connectivity index (χ3v) is 4.47. The first kappa shape index (κ1) is 11.4. The van der Waals surface area contributed by atoms with Crippen LogP contribution in [0.25, 0.3) is 0 Å². The fourth-order valence-electron chi connectivity index (χ4n) is 2.89. The van der Waals surface area contributed by atoms with Crippen LogP contribution in [0.3, 0.4) is 0 Å². The molecule has 0 spiro atoms. The van der Waals surface area contributed by atoms with E-state index in [-0.39, 0.29) is 0 Å². The van der Waals surface area contributed by atoms with E-state index in [0.717, 1.165) is 18.4 Å². The lowest BCUT2D eigenvalue weighted by Crippen LogP contribution is -2.51. The second-order valence-electron chi connectivity index (χ2n) is 5.75. The largest absolute Gasteiger partial charge is 0.329 e. The lowest BCUT2D eigenvalue weighted by atomic mass is 9.90. The summed E-state index contributed by atoms with van der Waals surface area (Å²) in [6.45, 7) is 4.39. The molecule has 15 heavy (non-hydrogen) atoms. The minimum absolute atomic E-state index is 0.290. The van der Waals surface area contributed by atoms with E-state index >= 15 is 0 Å². The molecular formula is C13H26N2. The minimum atomic E-state index is 0.290. The Morgan fingerprint density at radius 3 is 2.27 bits per heavy atom. The fraction of sp³-hybridized carbons (Fsp3) is 1.00. The zero-order valence-corrected chi connectivity index (χ0v) is 10.1. The van der Waals surface area contributed by atoms with Crippen LogP contribution in [0, 0.1) is 11.8 Å². The molecule has 0 heterocycles. The van der Waals surface area contributed by atoms with Gasteiger partial charge in [-0.05, 0) is 37.6 Å². The van der Waals surface area contributed by atoms with Crippen molar-refractivity contribution >= 4 is 0 Å². The van der Waals surface area contributed by atoms with Crippen molar-refractivity contribution < 1.29 is 0 Å². The summed E-state index contributed by atoms with van der Waals surface area (Å²) in [4.78, 5) is 0. The molecular weight excluding hydrogens is 184 g/mol. The van der Waals surface area contributed by atoms with E-state index in [1.165, 1.54) is 51.5 Å². The number of nitrogens with one attached hydrogen (secondary N) is 1. The van der Waals surface area contributed by atoms with Crippen molar-refractivity contribution in [3.8, 4) is 0 Å². The summed E-state index contributed by atoms with van der Waals surface area (Å²) >= 11 is 0. The number of nitrogens with two attached hydrogens (primary N) is 1. The Morgan fingerprint density at radius 1 is 1.20 bits per heavy atom. The summed E-state index contributed by atoms with van der Waals surface area (Å²) in [5, 5.41) is 3.79. The van der Waals surface area contributed by atoms with Gasteiger partial charge in [0.15, 0.2) is 0 Å². The molecule has 0 aromatic carbocycles. The summed E-state index contributed by atoms with van der Waals surface area (Å²) < 4.78 is 0. The van der Waals surface area contributed by atoms with Crippen molar-refractivity contribution in [3.63, 3.8) is 0 Å². The Labute approximate surface area is 94.0 Å². The normalized spacial score (nSPS) is 34.8. The molecule has 2 aliphatic carbocycles. The van der Waals surface area contributed by atoms with E-state index < -0.39 is 0 Å². The molecule has 2 unspecified atom stereocenters. The molecule has 0 radical (unpaired) electrons. The summed E-state index contributed by atoms with van der Waals surface area (Å²) in [7, 11) is 0. The van der Waals surface area contributed by atoms with Gasteiger partial charge in [-0.3, -0.25) is 0 Å². The molecule has 2 rings (SSSR count). The summed E-state index contributed by atoms with van der Waals surface area (Å²) in [5.41, 5.74) is 6.28. The highest BCUT2D eigenvalue weighted by Gasteiger charge is 2.35. The van der Waals surface area contributed by atoms with E-state index in [2.05, 4.69) is 12.2 Å². The Bertz CT molecular complexity index is 195. The Hall–Kier alpha value is -0.0800. The van der Waals surface area contributed by atoms with Gasteiger partial charge in [-0.15, -0.1) is 0 Å². The molecule has 88 valence electrons. The third kappa shape index (κ3) is 2.94. The van der Waals surface area contributed by atoms with Gasteiger partial charge < -0.3 is 11.1 Å². The van der Waals surface area contributed by atoms with E-state index in [0.29, 0.717) is 5.54 Å². The maximum atomic E-state index is 5.99. The second-order valence-corrected chi connectivity index (χ2v) is 5.75. The second kappa shape index (κ2) is 4.84.